The van der Waals surface area contributed by atoms with Gasteiger partial charge in [0, 0.05) is 13.1 Å². The van der Waals surface area contributed by atoms with Gasteiger partial charge in [0.05, 0.1) is 0 Å². The monoisotopic (exact) mass is 258 g/mol. The van der Waals surface area contributed by atoms with E-state index in [1.54, 1.807) is 0 Å². The molecular weight excluding hydrogens is 240 g/mol. The van der Waals surface area contributed by atoms with E-state index in [0.717, 1.165) is 11.3 Å². The third-order valence-corrected chi connectivity index (χ3v) is 2.87. The Morgan fingerprint density at radius 3 is 2.00 bits per heavy atom. The van der Waals surface area contributed by atoms with Gasteiger partial charge in [-0.3, -0.25) is 9.59 Å². The Hall–Kier alpha value is -1.79. The van der Waals surface area contributed by atoms with Crippen LogP contribution in [0, 0.1) is 5.41 Å². The van der Waals surface area contributed by atoms with Gasteiger partial charge in [-0.1, -0.05) is 13.8 Å². The zero-order valence-electron chi connectivity index (χ0n) is 10.5. The Kier molecular flexibility index (Phi) is 4.15. The van der Waals surface area contributed by atoms with E-state index in [2.05, 4.69) is 0 Å². The molecule has 18 heavy (non-hydrogen) atoms. The van der Waals surface area contributed by atoms with Gasteiger partial charge in [0.15, 0.2) is 0 Å². The number of likely N-dealkylation sites (tertiary alicyclic amines) is 1. The highest BCUT2D eigenvalue weighted by atomic mass is 16.4. The molecule has 0 atom stereocenters. The minimum atomic E-state index is -1.22. The Morgan fingerprint density at radius 1 is 1.17 bits per heavy atom. The van der Waals surface area contributed by atoms with Crippen LogP contribution in [-0.4, -0.2) is 64.2 Å². The molecule has 0 aromatic heterocycles. The van der Waals surface area contributed by atoms with Gasteiger partial charge in [0.2, 0.25) is 0 Å². The third-order valence-electron chi connectivity index (χ3n) is 2.87. The van der Waals surface area contributed by atoms with E-state index in [9.17, 15) is 14.4 Å². The zero-order chi connectivity index (χ0) is 13.9. The Labute approximate surface area is 105 Å². The molecule has 0 aromatic rings. The van der Waals surface area contributed by atoms with E-state index >= 15 is 0 Å². The molecule has 7 nitrogen and oxygen atoms in total. The van der Waals surface area contributed by atoms with Crippen LogP contribution in [0.5, 0.6) is 0 Å². The normalized spacial score (nSPS) is 17.6. The lowest BCUT2D eigenvalue weighted by atomic mass is 9.93. The SMILES string of the molecule is CC1(C)CCN(C(=O)N(CC(=O)O)CC(=O)O)C1. The van der Waals surface area contributed by atoms with Gasteiger partial charge in [0.25, 0.3) is 0 Å². The number of carbonyl (C=O) groups excluding carboxylic acids is 1. The Bertz CT molecular complexity index is 350. The molecule has 0 spiro atoms. The molecule has 0 bridgehead atoms. The molecule has 1 saturated heterocycles. The third kappa shape index (κ3) is 3.90. The van der Waals surface area contributed by atoms with Gasteiger partial charge in [-0.2, -0.15) is 0 Å². The van der Waals surface area contributed by atoms with Crippen LogP contribution in [0.15, 0.2) is 0 Å². The van der Waals surface area contributed by atoms with Crippen molar-refractivity contribution >= 4 is 18.0 Å². The van der Waals surface area contributed by atoms with Crippen LogP contribution in [0.1, 0.15) is 20.3 Å². The predicted molar refractivity (Wildman–Crippen MR) is 62.2 cm³/mol. The summed E-state index contributed by atoms with van der Waals surface area (Å²) in [5.41, 5.74) is -0.00617. The van der Waals surface area contributed by atoms with Gasteiger partial charge < -0.3 is 20.0 Å². The van der Waals surface area contributed by atoms with Gasteiger partial charge in [-0.15, -0.1) is 0 Å². The average Bonchev–Trinajstić information content (AvgIpc) is 2.55. The van der Waals surface area contributed by atoms with E-state index in [4.69, 9.17) is 10.2 Å². The molecule has 102 valence electrons. The van der Waals surface area contributed by atoms with E-state index < -0.39 is 31.1 Å². The molecule has 1 rings (SSSR count). The van der Waals surface area contributed by atoms with Crippen molar-refractivity contribution < 1.29 is 24.6 Å². The molecule has 1 aliphatic heterocycles. The first kappa shape index (κ1) is 14.3. The van der Waals surface area contributed by atoms with Crippen molar-refractivity contribution in [2.24, 2.45) is 5.41 Å². The number of hydrogen-bond donors (Lipinski definition) is 2. The van der Waals surface area contributed by atoms with E-state index in [1.807, 2.05) is 13.8 Å². The number of carbonyl (C=O) groups is 3. The quantitative estimate of drug-likeness (QED) is 0.756. The van der Waals surface area contributed by atoms with Crippen molar-refractivity contribution in [1.82, 2.24) is 9.80 Å². The smallest absolute Gasteiger partial charge is 0.323 e. The Morgan fingerprint density at radius 2 is 1.67 bits per heavy atom. The first-order valence-electron chi connectivity index (χ1n) is 5.69. The molecule has 2 N–H and O–H groups in total. The molecule has 1 aliphatic rings. The van der Waals surface area contributed by atoms with Crippen molar-refractivity contribution in [3.8, 4) is 0 Å². The first-order chi connectivity index (χ1) is 8.21. The summed E-state index contributed by atoms with van der Waals surface area (Å²) in [5.74, 6) is -2.44. The summed E-state index contributed by atoms with van der Waals surface area (Å²) >= 11 is 0. The second-order valence-electron chi connectivity index (χ2n) is 5.26. The molecule has 7 heteroatoms. The summed E-state index contributed by atoms with van der Waals surface area (Å²) < 4.78 is 0. The summed E-state index contributed by atoms with van der Waals surface area (Å²) in [7, 11) is 0. The highest BCUT2D eigenvalue weighted by Crippen LogP contribution is 2.29. The minimum Gasteiger partial charge on any atom is -0.480 e. The van der Waals surface area contributed by atoms with E-state index in [-0.39, 0.29) is 5.41 Å². The second kappa shape index (κ2) is 5.24. The Balaban J connectivity index is 2.70. The fraction of sp³-hybridized carbons (Fsp3) is 0.727. The van der Waals surface area contributed by atoms with Gasteiger partial charge in [0.1, 0.15) is 13.1 Å². The summed E-state index contributed by atoms with van der Waals surface area (Å²) in [5, 5.41) is 17.4. The molecule has 0 saturated carbocycles. The molecule has 0 unspecified atom stereocenters. The van der Waals surface area contributed by atoms with Crippen LogP contribution < -0.4 is 0 Å². The standard InChI is InChI=1S/C11H18N2O5/c1-11(2)3-4-12(7-11)10(18)13(5-8(14)15)6-9(16)17/h3-7H2,1-2H3,(H,14,15)(H,16,17). The van der Waals surface area contributed by atoms with E-state index in [0.29, 0.717) is 13.1 Å². The summed E-state index contributed by atoms with van der Waals surface area (Å²) in [6, 6.07) is -0.523. The number of carboxylic acid groups (broad SMARTS) is 2. The summed E-state index contributed by atoms with van der Waals surface area (Å²) in [4.78, 5) is 35.6. The van der Waals surface area contributed by atoms with Crippen molar-refractivity contribution in [1.29, 1.82) is 0 Å². The molecule has 2 amide bonds. The topological polar surface area (TPSA) is 98.2 Å². The lowest BCUT2D eigenvalue weighted by molar-refractivity contribution is -0.140. The average molecular weight is 258 g/mol. The van der Waals surface area contributed by atoms with Crippen molar-refractivity contribution in [2.45, 2.75) is 20.3 Å². The van der Waals surface area contributed by atoms with Gasteiger partial charge in [-0.25, -0.2) is 4.79 Å². The van der Waals surface area contributed by atoms with E-state index in [1.165, 1.54) is 4.90 Å². The molecule has 1 heterocycles. The predicted octanol–water partition coefficient (Wildman–Crippen LogP) is 0.310. The number of nitrogens with zero attached hydrogens (tertiary/aromatic N) is 2. The number of amides is 2. The number of aliphatic carboxylic acids is 2. The maximum atomic E-state index is 12.0. The van der Waals surface area contributed by atoms with Crippen molar-refractivity contribution in [3.63, 3.8) is 0 Å². The summed E-state index contributed by atoms with van der Waals surface area (Å²) in [6.45, 7) is 3.88. The van der Waals surface area contributed by atoms with Crippen LogP contribution in [0.3, 0.4) is 0 Å². The molecular formula is C11H18N2O5. The van der Waals surface area contributed by atoms with Crippen molar-refractivity contribution in [3.05, 3.63) is 0 Å². The molecule has 0 aliphatic carbocycles. The number of rotatable bonds is 4. The van der Waals surface area contributed by atoms with Crippen LogP contribution in [0.4, 0.5) is 4.79 Å². The van der Waals surface area contributed by atoms with Crippen LogP contribution >= 0.6 is 0 Å². The summed E-state index contributed by atoms with van der Waals surface area (Å²) in [6.07, 6.45) is 0.826. The largest absolute Gasteiger partial charge is 0.480 e. The number of hydrogen-bond acceptors (Lipinski definition) is 3. The van der Waals surface area contributed by atoms with Gasteiger partial charge >= 0.3 is 18.0 Å². The number of carboxylic acids is 2. The number of urea groups is 1. The molecule has 0 radical (unpaired) electrons. The molecule has 0 aromatic carbocycles. The van der Waals surface area contributed by atoms with Crippen LogP contribution in [0.2, 0.25) is 0 Å². The highest BCUT2D eigenvalue weighted by molar-refractivity contribution is 5.84. The maximum Gasteiger partial charge on any atom is 0.323 e. The van der Waals surface area contributed by atoms with Crippen LogP contribution in [-0.2, 0) is 9.59 Å². The van der Waals surface area contributed by atoms with Crippen LogP contribution in [0.25, 0.3) is 0 Å². The lowest BCUT2D eigenvalue weighted by Crippen LogP contribution is -2.47. The van der Waals surface area contributed by atoms with Crippen molar-refractivity contribution in [2.75, 3.05) is 26.2 Å². The lowest BCUT2D eigenvalue weighted by Gasteiger charge is -2.26. The fourth-order valence-electron chi connectivity index (χ4n) is 1.99. The minimum absolute atomic E-state index is 0.00617. The maximum absolute atomic E-state index is 12.0. The van der Waals surface area contributed by atoms with Gasteiger partial charge in [-0.05, 0) is 11.8 Å². The fourth-order valence-corrected chi connectivity index (χ4v) is 1.99. The zero-order valence-corrected chi connectivity index (χ0v) is 10.5. The first-order valence-corrected chi connectivity index (χ1v) is 5.69. The molecule has 1 fully saturated rings. The highest BCUT2D eigenvalue weighted by Gasteiger charge is 2.35. The second-order valence-corrected chi connectivity index (χ2v) is 5.26.